The van der Waals surface area contributed by atoms with Crippen LogP contribution in [0.25, 0.3) is 6.08 Å². The number of ether oxygens (including phenoxy) is 3. The molecule has 7 heteroatoms. The Balaban J connectivity index is 2.27. The summed E-state index contributed by atoms with van der Waals surface area (Å²) in [6, 6.07) is 10.8. The first-order valence-electron chi connectivity index (χ1n) is 7.49. The van der Waals surface area contributed by atoms with Crippen LogP contribution in [0.15, 0.2) is 48.5 Å². The van der Waals surface area contributed by atoms with Crippen molar-refractivity contribution < 1.29 is 33.7 Å². The van der Waals surface area contributed by atoms with Gasteiger partial charge in [-0.1, -0.05) is 18.2 Å². The third-order valence-electron chi connectivity index (χ3n) is 3.17. The summed E-state index contributed by atoms with van der Waals surface area (Å²) >= 11 is 0. The van der Waals surface area contributed by atoms with Crippen molar-refractivity contribution in [3.8, 4) is 17.2 Å². The van der Waals surface area contributed by atoms with E-state index in [4.69, 9.17) is 19.3 Å². The minimum absolute atomic E-state index is 0.0830. The van der Waals surface area contributed by atoms with E-state index in [1.165, 1.54) is 44.4 Å². The van der Waals surface area contributed by atoms with Crippen molar-refractivity contribution in [2.75, 3.05) is 7.11 Å². The Hall–Kier alpha value is -3.61. The Kier molecular flexibility index (Phi) is 6.10. The molecule has 0 aliphatic heterocycles. The van der Waals surface area contributed by atoms with Crippen molar-refractivity contribution in [2.45, 2.75) is 6.92 Å². The van der Waals surface area contributed by atoms with E-state index in [1.54, 1.807) is 18.2 Å². The van der Waals surface area contributed by atoms with Crippen LogP contribution in [-0.4, -0.2) is 30.1 Å². The Morgan fingerprint density at radius 3 is 2.35 bits per heavy atom. The molecule has 0 atom stereocenters. The SMILES string of the molecule is COc1cc(/C=C/C(=O)O)ccc1OC(=O)c1ccccc1OC(C)=O. The first-order valence-corrected chi connectivity index (χ1v) is 7.49. The Labute approximate surface area is 149 Å². The van der Waals surface area contributed by atoms with E-state index >= 15 is 0 Å². The molecule has 0 spiro atoms. The Morgan fingerprint density at radius 1 is 0.962 bits per heavy atom. The van der Waals surface area contributed by atoms with Crippen LogP contribution < -0.4 is 14.2 Å². The lowest BCUT2D eigenvalue weighted by atomic mass is 10.1. The largest absolute Gasteiger partial charge is 0.493 e. The second-order valence-corrected chi connectivity index (χ2v) is 5.06. The third-order valence-corrected chi connectivity index (χ3v) is 3.17. The number of esters is 2. The average molecular weight is 356 g/mol. The minimum Gasteiger partial charge on any atom is -0.493 e. The molecule has 0 aromatic heterocycles. The van der Waals surface area contributed by atoms with Crippen LogP contribution in [0.5, 0.6) is 17.2 Å². The zero-order chi connectivity index (χ0) is 19.1. The number of benzene rings is 2. The Bertz CT molecular complexity index is 868. The molecule has 2 aromatic rings. The van der Waals surface area contributed by atoms with Crippen molar-refractivity contribution >= 4 is 24.0 Å². The van der Waals surface area contributed by atoms with E-state index in [0.29, 0.717) is 5.56 Å². The molecule has 2 aromatic carbocycles. The van der Waals surface area contributed by atoms with Crippen LogP contribution in [-0.2, 0) is 9.59 Å². The number of carboxylic acids is 1. The monoisotopic (exact) mass is 356 g/mol. The molecular weight excluding hydrogens is 340 g/mol. The number of hydrogen-bond acceptors (Lipinski definition) is 6. The predicted molar refractivity (Wildman–Crippen MR) is 92.4 cm³/mol. The van der Waals surface area contributed by atoms with Gasteiger partial charge in [-0.2, -0.15) is 0 Å². The molecule has 0 radical (unpaired) electrons. The van der Waals surface area contributed by atoms with Crippen LogP contribution in [0.3, 0.4) is 0 Å². The number of carbonyl (C=O) groups excluding carboxylic acids is 2. The zero-order valence-electron chi connectivity index (χ0n) is 14.1. The zero-order valence-corrected chi connectivity index (χ0v) is 14.1. The fourth-order valence-electron chi connectivity index (χ4n) is 2.07. The lowest BCUT2D eigenvalue weighted by Crippen LogP contribution is -2.13. The summed E-state index contributed by atoms with van der Waals surface area (Å²) in [7, 11) is 1.39. The number of carboxylic acid groups (broad SMARTS) is 1. The quantitative estimate of drug-likeness (QED) is 0.482. The molecule has 0 heterocycles. The van der Waals surface area contributed by atoms with Crippen molar-refractivity contribution in [3.63, 3.8) is 0 Å². The van der Waals surface area contributed by atoms with E-state index < -0.39 is 17.9 Å². The second-order valence-electron chi connectivity index (χ2n) is 5.06. The molecule has 0 aliphatic carbocycles. The van der Waals surface area contributed by atoms with Gasteiger partial charge >= 0.3 is 17.9 Å². The Morgan fingerprint density at radius 2 is 1.69 bits per heavy atom. The van der Waals surface area contributed by atoms with E-state index in [-0.39, 0.29) is 22.8 Å². The van der Waals surface area contributed by atoms with Gasteiger partial charge in [-0.25, -0.2) is 9.59 Å². The van der Waals surface area contributed by atoms with Gasteiger partial charge in [0.1, 0.15) is 11.3 Å². The smallest absolute Gasteiger partial charge is 0.347 e. The molecule has 26 heavy (non-hydrogen) atoms. The van der Waals surface area contributed by atoms with Crippen LogP contribution in [0.1, 0.15) is 22.8 Å². The van der Waals surface area contributed by atoms with Gasteiger partial charge in [0, 0.05) is 13.0 Å². The minimum atomic E-state index is -1.08. The first-order chi connectivity index (χ1) is 12.4. The van der Waals surface area contributed by atoms with E-state index in [9.17, 15) is 14.4 Å². The topological polar surface area (TPSA) is 99.1 Å². The molecule has 0 saturated heterocycles. The number of hydrogen-bond donors (Lipinski definition) is 1. The molecule has 0 saturated carbocycles. The molecule has 7 nitrogen and oxygen atoms in total. The summed E-state index contributed by atoms with van der Waals surface area (Å²) in [6.45, 7) is 1.23. The fraction of sp³-hybridized carbons (Fsp3) is 0.105. The molecule has 2 rings (SSSR count). The average Bonchev–Trinajstić information content (AvgIpc) is 2.60. The second kappa shape index (κ2) is 8.48. The number of aliphatic carboxylic acids is 1. The molecule has 0 fully saturated rings. The first kappa shape index (κ1) is 18.7. The molecule has 134 valence electrons. The van der Waals surface area contributed by atoms with Gasteiger partial charge in [-0.3, -0.25) is 4.79 Å². The van der Waals surface area contributed by atoms with Gasteiger partial charge < -0.3 is 19.3 Å². The number of methoxy groups -OCH3 is 1. The van der Waals surface area contributed by atoms with E-state index in [2.05, 4.69) is 0 Å². The summed E-state index contributed by atoms with van der Waals surface area (Å²) < 4.78 is 15.5. The van der Waals surface area contributed by atoms with Crippen molar-refractivity contribution in [1.29, 1.82) is 0 Å². The van der Waals surface area contributed by atoms with Crippen molar-refractivity contribution in [2.24, 2.45) is 0 Å². The fourth-order valence-corrected chi connectivity index (χ4v) is 2.07. The molecule has 0 aliphatic rings. The van der Waals surface area contributed by atoms with Gasteiger partial charge in [0.2, 0.25) is 0 Å². The van der Waals surface area contributed by atoms with E-state index in [0.717, 1.165) is 6.08 Å². The van der Waals surface area contributed by atoms with Crippen molar-refractivity contribution in [1.82, 2.24) is 0 Å². The van der Waals surface area contributed by atoms with Gasteiger partial charge in [-0.05, 0) is 35.9 Å². The molecule has 0 unspecified atom stereocenters. The van der Waals surface area contributed by atoms with Crippen LogP contribution in [0, 0.1) is 0 Å². The van der Waals surface area contributed by atoms with Crippen LogP contribution in [0.4, 0.5) is 0 Å². The normalized spacial score (nSPS) is 10.4. The lowest BCUT2D eigenvalue weighted by molar-refractivity contribution is -0.132. The maximum Gasteiger partial charge on any atom is 0.347 e. The standard InChI is InChI=1S/C19H16O7/c1-12(20)25-15-6-4-3-5-14(15)19(23)26-16-9-7-13(8-10-18(21)22)11-17(16)24-2/h3-11H,1-2H3,(H,21,22)/b10-8+. The van der Waals surface area contributed by atoms with Gasteiger partial charge in [-0.15, -0.1) is 0 Å². The number of rotatable bonds is 6. The van der Waals surface area contributed by atoms with Gasteiger partial charge in [0.15, 0.2) is 11.5 Å². The number of carbonyl (C=O) groups is 3. The predicted octanol–water partition coefficient (Wildman–Crippen LogP) is 2.94. The number of para-hydroxylation sites is 1. The highest BCUT2D eigenvalue weighted by atomic mass is 16.6. The van der Waals surface area contributed by atoms with Crippen molar-refractivity contribution in [3.05, 3.63) is 59.7 Å². The summed E-state index contributed by atoms with van der Waals surface area (Å²) in [5, 5.41) is 8.67. The van der Waals surface area contributed by atoms with Crippen LogP contribution in [0.2, 0.25) is 0 Å². The van der Waals surface area contributed by atoms with Crippen LogP contribution >= 0.6 is 0 Å². The lowest BCUT2D eigenvalue weighted by Gasteiger charge is -2.11. The molecule has 0 bridgehead atoms. The van der Waals surface area contributed by atoms with Gasteiger partial charge in [0.05, 0.1) is 7.11 Å². The maximum absolute atomic E-state index is 12.4. The highest BCUT2D eigenvalue weighted by molar-refractivity contribution is 5.95. The summed E-state index contributed by atoms with van der Waals surface area (Å²) in [5.41, 5.74) is 0.643. The summed E-state index contributed by atoms with van der Waals surface area (Å²) in [4.78, 5) is 34.2. The third kappa shape index (κ3) is 4.94. The maximum atomic E-state index is 12.4. The van der Waals surface area contributed by atoms with E-state index in [1.807, 2.05) is 0 Å². The highest BCUT2D eigenvalue weighted by Gasteiger charge is 2.17. The summed E-state index contributed by atoms with van der Waals surface area (Å²) in [6.07, 6.45) is 2.36. The molecular formula is C19H16O7. The molecule has 0 amide bonds. The van der Waals surface area contributed by atoms with Gasteiger partial charge in [0.25, 0.3) is 0 Å². The highest BCUT2D eigenvalue weighted by Crippen LogP contribution is 2.30. The molecule has 1 N–H and O–H groups in total. The summed E-state index contributed by atoms with van der Waals surface area (Å²) in [5.74, 6) is -1.89.